The number of sulfonamides is 1. The summed E-state index contributed by atoms with van der Waals surface area (Å²) in [5, 5.41) is 3.04. The zero-order valence-electron chi connectivity index (χ0n) is 16.8. The lowest BCUT2D eigenvalue weighted by molar-refractivity contribution is -0.917. The van der Waals surface area contributed by atoms with Crippen LogP contribution in [0.15, 0.2) is 29.2 Å². The van der Waals surface area contributed by atoms with Crippen molar-refractivity contribution in [3.63, 3.8) is 0 Å². The van der Waals surface area contributed by atoms with Crippen LogP contribution in [0.4, 0.5) is 0 Å². The zero-order chi connectivity index (χ0) is 19.8. The fourth-order valence-corrected chi connectivity index (χ4v) is 4.90. The van der Waals surface area contributed by atoms with Crippen molar-refractivity contribution in [3.8, 4) is 0 Å². The number of hydrogen-bond acceptors (Lipinski definition) is 3. The second kappa shape index (κ2) is 7.53. The van der Waals surface area contributed by atoms with E-state index in [1.54, 1.807) is 16.4 Å². The SMILES string of the molecule is C[C@H](C(=O)NC1CC1)[NH+]1CCN(S(=O)(=O)c2ccc(C(C)(C)C)cc2)CC1. The highest BCUT2D eigenvalue weighted by molar-refractivity contribution is 7.89. The van der Waals surface area contributed by atoms with Gasteiger partial charge in [0.25, 0.3) is 5.91 Å². The van der Waals surface area contributed by atoms with E-state index < -0.39 is 10.0 Å². The van der Waals surface area contributed by atoms with Crippen molar-refractivity contribution in [2.75, 3.05) is 26.2 Å². The molecule has 1 aliphatic heterocycles. The van der Waals surface area contributed by atoms with Crippen molar-refractivity contribution in [2.45, 2.75) is 62.9 Å². The summed E-state index contributed by atoms with van der Waals surface area (Å²) in [5.74, 6) is 0.0848. The summed E-state index contributed by atoms with van der Waals surface area (Å²) < 4.78 is 27.4. The Labute approximate surface area is 163 Å². The predicted octanol–water partition coefficient (Wildman–Crippen LogP) is 0.540. The Bertz CT molecular complexity index is 772. The summed E-state index contributed by atoms with van der Waals surface area (Å²) in [4.78, 5) is 13.7. The number of nitrogens with one attached hydrogen (secondary N) is 2. The minimum Gasteiger partial charge on any atom is -0.348 e. The molecule has 2 aliphatic rings. The third kappa shape index (κ3) is 4.70. The quantitative estimate of drug-likeness (QED) is 0.766. The minimum atomic E-state index is -3.48. The first-order valence-corrected chi connectivity index (χ1v) is 11.3. The molecule has 2 fully saturated rings. The number of quaternary nitrogens is 1. The third-order valence-corrected chi connectivity index (χ3v) is 7.57. The topological polar surface area (TPSA) is 70.9 Å². The smallest absolute Gasteiger partial charge is 0.278 e. The molecule has 0 unspecified atom stereocenters. The van der Waals surface area contributed by atoms with Gasteiger partial charge < -0.3 is 10.2 Å². The molecule has 1 aromatic rings. The molecule has 0 spiro atoms. The summed E-state index contributed by atoms with van der Waals surface area (Å²) in [6, 6.07) is 7.44. The second-order valence-corrected chi connectivity index (χ2v) is 10.8. The molecule has 0 radical (unpaired) electrons. The van der Waals surface area contributed by atoms with Crippen molar-refractivity contribution in [3.05, 3.63) is 29.8 Å². The average Bonchev–Trinajstić information content (AvgIpc) is 3.44. The highest BCUT2D eigenvalue weighted by atomic mass is 32.2. The molecule has 6 nitrogen and oxygen atoms in total. The zero-order valence-corrected chi connectivity index (χ0v) is 17.6. The van der Waals surface area contributed by atoms with Crippen molar-refractivity contribution in [1.82, 2.24) is 9.62 Å². The van der Waals surface area contributed by atoms with Crippen LogP contribution in [0, 0.1) is 0 Å². The molecule has 1 atom stereocenters. The predicted molar refractivity (Wildman–Crippen MR) is 105 cm³/mol. The molecule has 1 heterocycles. The number of hydrogen-bond donors (Lipinski definition) is 2. The van der Waals surface area contributed by atoms with Crippen LogP contribution < -0.4 is 10.2 Å². The van der Waals surface area contributed by atoms with Gasteiger partial charge in [0.1, 0.15) is 0 Å². The van der Waals surface area contributed by atoms with E-state index in [2.05, 4.69) is 26.1 Å². The van der Waals surface area contributed by atoms with E-state index in [4.69, 9.17) is 0 Å². The largest absolute Gasteiger partial charge is 0.348 e. The lowest BCUT2D eigenvalue weighted by Gasteiger charge is -2.34. The highest BCUT2D eigenvalue weighted by Crippen LogP contribution is 2.24. The van der Waals surface area contributed by atoms with E-state index >= 15 is 0 Å². The number of carbonyl (C=O) groups is 1. The third-order valence-electron chi connectivity index (χ3n) is 5.65. The average molecular weight is 395 g/mol. The molecule has 7 heteroatoms. The molecule has 0 aromatic heterocycles. The van der Waals surface area contributed by atoms with Gasteiger partial charge in [-0.3, -0.25) is 4.79 Å². The maximum Gasteiger partial charge on any atom is 0.278 e. The van der Waals surface area contributed by atoms with Crippen molar-refractivity contribution >= 4 is 15.9 Å². The molecular weight excluding hydrogens is 362 g/mol. The maximum atomic E-state index is 12.9. The van der Waals surface area contributed by atoms with E-state index in [0.29, 0.717) is 37.1 Å². The number of carbonyl (C=O) groups excluding carboxylic acids is 1. The van der Waals surface area contributed by atoms with E-state index in [1.165, 1.54) is 0 Å². The van der Waals surface area contributed by atoms with Crippen LogP contribution in [0.2, 0.25) is 0 Å². The number of rotatable bonds is 5. The molecule has 0 bridgehead atoms. The molecule has 3 rings (SSSR count). The van der Waals surface area contributed by atoms with Gasteiger partial charge in [-0.15, -0.1) is 0 Å². The van der Waals surface area contributed by atoms with Crippen LogP contribution in [0.5, 0.6) is 0 Å². The van der Waals surface area contributed by atoms with E-state index in [9.17, 15) is 13.2 Å². The van der Waals surface area contributed by atoms with Crippen molar-refractivity contribution < 1.29 is 18.1 Å². The normalized spacial score (nSPS) is 21.0. The molecule has 1 aliphatic carbocycles. The van der Waals surface area contributed by atoms with Gasteiger partial charge in [0.15, 0.2) is 6.04 Å². The van der Waals surface area contributed by atoms with Gasteiger partial charge in [-0.2, -0.15) is 4.31 Å². The Morgan fingerprint density at radius 3 is 2.19 bits per heavy atom. The summed E-state index contributed by atoms with van der Waals surface area (Å²) >= 11 is 0. The van der Waals surface area contributed by atoms with Crippen LogP contribution >= 0.6 is 0 Å². The Morgan fingerprint density at radius 2 is 1.70 bits per heavy atom. The first-order chi connectivity index (χ1) is 12.6. The monoisotopic (exact) mass is 394 g/mol. The van der Waals surface area contributed by atoms with Crippen LogP contribution in [0.1, 0.15) is 46.1 Å². The Balaban J connectivity index is 1.61. The van der Waals surface area contributed by atoms with E-state index in [-0.39, 0.29) is 17.4 Å². The Hall–Kier alpha value is -1.44. The molecule has 1 saturated carbocycles. The van der Waals surface area contributed by atoms with Gasteiger partial charge >= 0.3 is 0 Å². The number of nitrogens with zero attached hydrogens (tertiary/aromatic N) is 1. The van der Waals surface area contributed by atoms with E-state index in [0.717, 1.165) is 23.3 Å². The van der Waals surface area contributed by atoms with Gasteiger partial charge in [0.05, 0.1) is 31.1 Å². The van der Waals surface area contributed by atoms with Crippen molar-refractivity contribution in [2.24, 2.45) is 0 Å². The maximum absolute atomic E-state index is 12.9. The van der Waals surface area contributed by atoms with E-state index in [1.807, 2.05) is 19.1 Å². The number of amides is 1. The minimum absolute atomic E-state index is 0.00550. The van der Waals surface area contributed by atoms with Gasteiger partial charge in [0.2, 0.25) is 10.0 Å². The van der Waals surface area contributed by atoms with Gasteiger partial charge in [0, 0.05) is 6.04 Å². The highest BCUT2D eigenvalue weighted by Gasteiger charge is 2.36. The van der Waals surface area contributed by atoms with Gasteiger partial charge in [-0.25, -0.2) is 8.42 Å². The summed E-state index contributed by atoms with van der Waals surface area (Å²) in [6.45, 7) is 10.5. The second-order valence-electron chi connectivity index (χ2n) is 8.84. The molecule has 1 aromatic carbocycles. The fourth-order valence-electron chi connectivity index (χ4n) is 3.46. The fraction of sp³-hybridized carbons (Fsp3) is 0.650. The van der Waals surface area contributed by atoms with Gasteiger partial charge in [-0.05, 0) is 42.9 Å². The van der Waals surface area contributed by atoms with Crippen LogP contribution in [0.25, 0.3) is 0 Å². The number of piperazine rings is 1. The molecule has 1 amide bonds. The summed E-state index contributed by atoms with van der Waals surface area (Å²) in [7, 11) is -3.48. The summed E-state index contributed by atoms with van der Waals surface area (Å²) in [6.07, 6.45) is 2.15. The number of benzene rings is 1. The molecule has 150 valence electrons. The van der Waals surface area contributed by atoms with Crippen LogP contribution in [-0.2, 0) is 20.2 Å². The molecule has 2 N–H and O–H groups in total. The molecular formula is C20H32N3O3S+. The Morgan fingerprint density at radius 1 is 1.15 bits per heavy atom. The molecule has 1 saturated heterocycles. The van der Waals surface area contributed by atoms with Crippen LogP contribution in [0.3, 0.4) is 0 Å². The summed E-state index contributed by atoms with van der Waals surface area (Å²) in [5.41, 5.74) is 1.11. The van der Waals surface area contributed by atoms with Gasteiger partial charge in [-0.1, -0.05) is 32.9 Å². The first kappa shape index (κ1) is 20.3. The van der Waals surface area contributed by atoms with Crippen LogP contribution in [-0.4, -0.2) is 56.9 Å². The lowest BCUT2D eigenvalue weighted by atomic mass is 9.87. The first-order valence-electron chi connectivity index (χ1n) is 9.84. The van der Waals surface area contributed by atoms with Crippen molar-refractivity contribution in [1.29, 1.82) is 0 Å². The standard InChI is InChI=1S/C20H31N3O3S/c1-15(19(24)21-17-7-8-17)22-11-13-23(14-12-22)27(25,26)18-9-5-16(6-10-18)20(2,3)4/h5-6,9-10,15,17H,7-8,11-14H2,1-4H3,(H,21,24)/p+1/t15-/m1/s1. The lowest BCUT2D eigenvalue weighted by Crippen LogP contribution is -3.19. The molecule has 27 heavy (non-hydrogen) atoms. The Kier molecular flexibility index (Phi) is 5.66.